The molecule has 6 heteroatoms. The average Bonchev–Trinajstić information content (AvgIpc) is 2.70. The Morgan fingerprint density at radius 1 is 1.11 bits per heavy atom. The molecular formula is C22H26N2O4. The molecule has 28 heavy (non-hydrogen) atoms. The van der Waals surface area contributed by atoms with E-state index < -0.39 is 6.10 Å². The lowest BCUT2D eigenvalue weighted by atomic mass is 10.0. The molecule has 1 aromatic heterocycles. The zero-order chi connectivity index (χ0) is 20.1. The molecule has 1 heterocycles. The fraction of sp³-hybridized carbons (Fsp3) is 0.318. The summed E-state index contributed by atoms with van der Waals surface area (Å²) in [5.74, 6) is 1.33. The maximum absolute atomic E-state index is 12.3. The molecule has 3 N–H and O–H groups in total. The molecule has 0 radical (unpaired) electrons. The van der Waals surface area contributed by atoms with Crippen molar-refractivity contribution in [3.8, 4) is 11.5 Å². The molecular weight excluding hydrogens is 356 g/mol. The number of nitrogens with one attached hydrogen (secondary N) is 2. The number of pyridine rings is 1. The molecule has 0 aliphatic rings. The van der Waals surface area contributed by atoms with Crippen LogP contribution in [0.1, 0.15) is 16.7 Å². The van der Waals surface area contributed by atoms with Crippen LogP contribution in [-0.4, -0.2) is 36.5 Å². The summed E-state index contributed by atoms with van der Waals surface area (Å²) in [6, 6.07) is 13.2. The van der Waals surface area contributed by atoms with Crippen LogP contribution in [0.15, 0.2) is 47.3 Å². The Morgan fingerprint density at radius 2 is 1.86 bits per heavy atom. The highest BCUT2D eigenvalue weighted by Gasteiger charge is 2.09. The quantitative estimate of drug-likeness (QED) is 0.558. The minimum absolute atomic E-state index is 0.115. The van der Waals surface area contributed by atoms with Gasteiger partial charge >= 0.3 is 0 Å². The summed E-state index contributed by atoms with van der Waals surface area (Å²) < 4.78 is 10.7. The minimum atomic E-state index is -0.699. The second-order valence-corrected chi connectivity index (χ2v) is 6.89. The van der Waals surface area contributed by atoms with Crippen LogP contribution >= 0.6 is 0 Å². The van der Waals surface area contributed by atoms with E-state index in [2.05, 4.69) is 10.3 Å². The van der Waals surface area contributed by atoms with Crippen LogP contribution in [0.3, 0.4) is 0 Å². The Hall–Kier alpha value is -2.83. The molecule has 0 saturated carbocycles. The van der Waals surface area contributed by atoms with E-state index in [4.69, 9.17) is 9.47 Å². The summed E-state index contributed by atoms with van der Waals surface area (Å²) in [6.45, 7) is 4.83. The van der Waals surface area contributed by atoms with Crippen molar-refractivity contribution in [2.45, 2.75) is 26.5 Å². The third-order valence-electron chi connectivity index (χ3n) is 4.70. The van der Waals surface area contributed by atoms with Gasteiger partial charge in [-0.1, -0.05) is 18.2 Å². The van der Waals surface area contributed by atoms with Crippen LogP contribution < -0.4 is 20.3 Å². The third kappa shape index (κ3) is 4.71. The first kappa shape index (κ1) is 19.9. The number of hydrogen-bond acceptors (Lipinski definition) is 5. The van der Waals surface area contributed by atoms with E-state index in [1.54, 1.807) is 13.2 Å². The highest BCUT2D eigenvalue weighted by atomic mass is 16.5. The van der Waals surface area contributed by atoms with Gasteiger partial charge < -0.3 is 24.9 Å². The Labute approximate surface area is 164 Å². The van der Waals surface area contributed by atoms with Crippen molar-refractivity contribution in [2.75, 3.05) is 20.3 Å². The van der Waals surface area contributed by atoms with E-state index in [0.29, 0.717) is 30.2 Å². The highest BCUT2D eigenvalue weighted by molar-refractivity contribution is 5.85. The lowest BCUT2D eigenvalue weighted by molar-refractivity contribution is 0.106. The van der Waals surface area contributed by atoms with E-state index in [1.165, 1.54) is 0 Å². The molecule has 0 spiro atoms. The number of aromatic nitrogens is 1. The van der Waals surface area contributed by atoms with Crippen molar-refractivity contribution in [2.24, 2.45) is 0 Å². The largest absolute Gasteiger partial charge is 0.497 e. The predicted molar refractivity (Wildman–Crippen MR) is 110 cm³/mol. The number of fused-ring (bicyclic) bond motifs is 1. The summed E-state index contributed by atoms with van der Waals surface area (Å²) in [5.41, 5.74) is 3.56. The number of benzene rings is 2. The van der Waals surface area contributed by atoms with Crippen molar-refractivity contribution in [3.05, 3.63) is 69.5 Å². The van der Waals surface area contributed by atoms with Crippen molar-refractivity contribution in [1.29, 1.82) is 0 Å². The zero-order valence-electron chi connectivity index (χ0n) is 16.4. The first-order valence-electron chi connectivity index (χ1n) is 9.25. The number of aliphatic hydroxyl groups excluding tert-OH is 1. The summed E-state index contributed by atoms with van der Waals surface area (Å²) in [5, 5.41) is 14.3. The Morgan fingerprint density at radius 3 is 2.64 bits per heavy atom. The molecule has 1 atom stereocenters. The molecule has 0 fully saturated rings. The maximum atomic E-state index is 12.3. The van der Waals surface area contributed by atoms with Gasteiger partial charge in [0.25, 0.3) is 5.56 Å². The van der Waals surface area contributed by atoms with Crippen LogP contribution in [0, 0.1) is 13.8 Å². The number of H-pyrrole nitrogens is 1. The molecule has 0 unspecified atom stereocenters. The fourth-order valence-corrected chi connectivity index (χ4v) is 3.07. The van der Waals surface area contributed by atoms with Gasteiger partial charge in [0, 0.05) is 30.1 Å². The Balaban J connectivity index is 1.56. The first-order valence-corrected chi connectivity index (χ1v) is 9.25. The lowest BCUT2D eigenvalue weighted by Crippen LogP contribution is -2.32. The molecule has 0 bridgehead atoms. The van der Waals surface area contributed by atoms with Gasteiger partial charge in [-0.25, -0.2) is 0 Å². The maximum Gasteiger partial charge on any atom is 0.252 e. The van der Waals surface area contributed by atoms with Gasteiger partial charge in [0.05, 0.1) is 12.6 Å². The van der Waals surface area contributed by atoms with Crippen molar-refractivity contribution < 1.29 is 14.6 Å². The van der Waals surface area contributed by atoms with Gasteiger partial charge in [-0.05, 0) is 43.2 Å². The van der Waals surface area contributed by atoms with Gasteiger partial charge in [-0.3, -0.25) is 4.79 Å². The monoisotopic (exact) mass is 382 g/mol. The summed E-state index contributed by atoms with van der Waals surface area (Å²) in [4.78, 5) is 15.3. The number of aliphatic hydroxyl groups is 1. The molecule has 0 aliphatic heterocycles. The molecule has 148 valence electrons. The van der Waals surface area contributed by atoms with E-state index in [-0.39, 0.29) is 12.2 Å². The number of hydrogen-bond donors (Lipinski definition) is 3. The van der Waals surface area contributed by atoms with Crippen LogP contribution in [0.5, 0.6) is 11.5 Å². The summed E-state index contributed by atoms with van der Waals surface area (Å²) in [6.07, 6.45) is -0.699. The molecule has 2 aromatic carbocycles. The van der Waals surface area contributed by atoms with Crippen LogP contribution in [0.25, 0.3) is 10.9 Å². The second kappa shape index (κ2) is 8.91. The highest BCUT2D eigenvalue weighted by Crippen LogP contribution is 2.20. The molecule has 0 aliphatic carbocycles. The van der Waals surface area contributed by atoms with Gasteiger partial charge in [-0.2, -0.15) is 0 Å². The number of aromatic amines is 1. The van der Waals surface area contributed by atoms with E-state index >= 15 is 0 Å². The van der Waals surface area contributed by atoms with Gasteiger partial charge in [-0.15, -0.1) is 0 Å². The minimum Gasteiger partial charge on any atom is -0.497 e. The van der Waals surface area contributed by atoms with Crippen molar-refractivity contribution in [1.82, 2.24) is 10.3 Å². The standard InChI is InChI=1S/C22H26N2O4/c1-14-7-8-15(2)21-20(14)9-16(22(26)24-21)11-23-12-17(25)13-28-19-6-4-5-18(10-19)27-3/h4-10,17,23,25H,11-13H2,1-3H3,(H,24,26)/t17-/m0/s1. The predicted octanol–water partition coefficient (Wildman–Crippen LogP) is 2.68. The van der Waals surface area contributed by atoms with Crippen molar-refractivity contribution in [3.63, 3.8) is 0 Å². The van der Waals surface area contributed by atoms with E-state index in [0.717, 1.165) is 22.0 Å². The van der Waals surface area contributed by atoms with Crippen LogP contribution in [0.4, 0.5) is 0 Å². The molecule has 0 saturated heterocycles. The van der Waals surface area contributed by atoms with Gasteiger partial charge in [0.15, 0.2) is 0 Å². The zero-order valence-corrected chi connectivity index (χ0v) is 16.4. The topological polar surface area (TPSA) is 83.6 Å². The van der Waals surface area contributed by atoms with Gasteiger partial charge in [0.2, 0.25) is 0 Å². The number of rotatable bonds is 8. The van der Waals surface area contributed by atoms with E-state index in [9.17, 15) is 9.90 Å². The van der Waals surface area contributed by atoms with Crippen molar-refractivity contribution >= 4 is 10.9 Å². The second-order valence-electron chi connectivity index (χ2n) is 6.89. The summed E-state index contributed by atoms with van der Waals surface area (Å²) in [7, 11) is 1.59. The van der Waals surface area contributed by atoms with Gasteiger partial charge in [0.1, 0.15) is 24.2 Å². The molecule has 0 amide bonds. The smallest absolute Gasteiger partial charge is 0.252 e. The fourth-order valence-electron chi connectivity index (χ4n) is 3.07. The number of aryl methyl sites for hydroxylation is 2. The Bertz CT molecular complexity index is 1010. The molecule has 3 rings (SSSR count). The Kier molecular flexibility index (Phi) is 6.34. The lowest BCUT2D eigenvalue weighted by Gasteiger charge is -2.14. The molecule has 6 nitrogen and oxygen atoms in total. The number of methoxy groups -OCH3 is 1. The SMILES string of the molecule is COc1cccc(OC[C@@H](O)CNCc2cc3c(C)ccc(C)c3[nH]c2=O)c1. The van der Waals surface area contributed by atoms with Crippen LogP contribution in [0.2, 0.25) is 0 Å². The first-order chi connectivity index (χ1) is 13.5. The van der Waals surface area contributed by atoms with Crippen LogP contribution in [-0.2, 0) is 6.54 Å². The van der Waals surface area contributed by atoms with E-state index in [1.807, 2.05) is 50.2 Å². The summed E-state index contributed by atoms with van der Waals surface area (Å²) >= 11 is 0. The average molecular weight is 382 g/mol. The third-order valence-corrected chi connectivity index (χ3v) is 4.70. The normalized spacial score (nSPS) is 12.1. The molecule has 3 aromatic rings. The number of ether oxygens (including phenoxy) is 2.